The molecule has 4 rings (SSSR count). The average Bonchev–Trinajstić information content (AvgIpc) is 3.22. The number of anilines is 2. The molecule has 0 bridgehead atoms. The van der Waals surface area contributed by atoms with Crippen molar-refractivity contribution in [2.75, 3.05) is 17.7 Å². The van der Waals surface area contributed by atoms with Crippen molar-refractivity contribution in [2.24, 2.45) is 0 Å². The van der Waals surface area contributed by atoms with Crippen LogP contribution in [0.15, 0.2) is 54.7 Å². The largest absolute Gasteiger partial charge is 0.497 e. The van der Waals surface area contributed by atoms with Gasteiger partial charge >= 0.3 is 6.18 Å². The molecule has 1 aliphatic heterocycles. The monoisotopic (exact) mass is 444 g/mol. The number of halogens is 3. The zero-order valence-electron chi connectivity index (χ0n) is 17.6. The third-order valence-electron chi connectivity index (χ3n) is 5.63. The average molecular weight is 444 g/mol. The molecule has 6 nitrogen and oxygen atoms in total. The Labute approximate surface area is 183 Å². The van der Waals surface area contributed by atoms with Crippen molar-refractivity contribution in [3.05, 3.63) is 71.4 Å². The van der Waals surface area contributed by atoms with Crippen LogP contribution in [0.25, 0.3) is 0 Å². The Balaban J connectivity index is 1.70. The Hall–Kier alpha value is -3.49. The van der Waals surface area contributed by atoms with E-state index in [9.17, 15) is 18.0 Å². The number of fused-ring (bicyclic) bond motifs is 1. The number of aromatic nitrogens is 2. The number of nitrogens with one attached hydrogen (secondary N) is 2. The molecule has 0 fully saturated rings. The number of benzene rings is 2. The molecule has 2 atom stereocenters. The van der Waals surface area contributed by atoms with Crippen molar-refractivity contribution in [3.8, 4) is 5.75 Å². The number of para-hydroxylation sites is 1. The molecule has 2 N–H and O–H groups in total. The summed E-state index contributed by atoms with van der Waals surface area (Å²) < 4.78 is 47.8. The Morgan fingerprint density at radius 3 is 2.75 bits per heavy atom. The minimum Gasteiger partial charge on any atom is -0.497 e. The fourth-order valence-electron chi connectivity index (χ4n) is 3.95. The number of carbonyl (C=O) groups excluding carboxylic acids is 1. The summed E-state index contributed by atoms with van der Waals surface area (Å²) in [5, 5.41) is 9.82. The van der Waals surface area contributed by atoms with E-state index >= 15 is 0 Å². The van der Waals surface area contributed by atoms with Crippen LogP contribution in [0.4, 0.5) is 24.7 Å². The number of alkyl halides is 3. The van der Waals surface area contributed by atoms with E-state index in [0.717, 1.165) is 10.2 Å². The first-order valence-corrected chi connectivity index (χ1v) is 10.3. The van der Waals surface area contributed by atoms with Gasteiger partial charge in [-0.25, -0.2) is 4.68 Å². The summed E-state index contributed by atoms with van der Waals surface area (Å²) in [6.07, 6.45) is -2.90. The lowest BCUT2D eigenvalue weighted by Gasteiger charge is -2.34. The molecule has 0 saturated heterocycles. The highest BCUT2D eigenvalue weighted by molar-refractivity contribution is 6.07. The summed E-state index contributed by atoms with van der Waals surface area (Å²) in [5.41, 5.74) is 2.23. The van der Waals surface area contributed by atoms with Crippen molar-refractivity contribution in [3.63, 3.8) is 0 Å². The molecule has 0 radical (unpaired) electrons. The Kier molecular flexibility index (Phi) is 5.82. The number of hydrogen-bond acceptors (Lipinski definition) is 4. The second-order valence-electron chi connectivity index (χ2n) is 7.58. The Morgan fingerprint density at radius 1 is 1.25 bits per heavy atom. The van der Waals surface area contributed by atoms with Gasteiger partial charge in [0.1, 0.15) is 17.1 Å². The zero-order chi connectivity index (χ0) is 22.9. The SMILES string of the molecule is CCc1ccccc1NC(=O)c1cnn2c1N[C@@H](c1cccc(OC)c1)C[C@H]2C(F)(F)F. The van der Waals surface area contributed by atoms with E-state index in [1.54, 1.807) is 36.4 Å². The van der Waals surface area contributed by atoms with Gasteiger partial charge in [0.25, 0.3) is 5.91 Å². The molecule has 0 unspecified atom stereocenters. The molecule has 1 aliphatic rings. The summed E-state index contributed by atoms with van der Waals surface area (Å²) in [6, 6.07) is 11.6. The number of aryl methyl sites for hydroxylation is 1. The van der Waals surface area contributed by atoms with Crippen molar-refractivity contribution in [1.29, 1.82) is 0 Å². The van der Waals surface area contributed by atoms with E-state index in [-0.39, 0.29) is 17.8 Å². The maximum absolute atomic E-state index is 13.9. The van der Waals surface area contributed by atoms with Gasteiger partial charge in [-0.2, -0.15) is 18.3 Å². The van der Waals surface area contributed by atoms with Crippen LogP contribution in [0.5, 0.6) is 5.75 Å². The maximum atomic E-state index is 13.9. The smallest absolute Gasteiger partial charge is 0.410 e. The van der Waals surface area contributed by atoms with Gasteiger partial charge < -0.3 is 15.4 Å². The fraction of sp³-hybridized carbons (Fsp3) is 0.304. The predicted octanol–water partition coefficient (Wildman–Crippen LogP) is 5.37. The molecule has 9 heteroatoms. The maximum Gasteiger partial charge on any atom is 0.410 e. The topological polar surface area (TPSA) is 68.2 Å². The first-order chi connectivity index (χ1) is 15.3. The van der Waals surface area contributed by atoms with E-state index < -0.39 is 24.2 Å². The number of ether oxygens (including phenoxy) is 1. The van der Waals surface area contributed by atoms with Crippen LogP contribution in [0.3, 0.4) is 0 Å². The van der Waals surface area contributed by atoms with Crippen LogP contribution in [-0.4, -0.2) is 29.0 Å². The van der Waals surface area contributed by atoms with Crippen LogP contribution in [0.1, 0.15) is 46.9 Å². The van der Waals surface area contributed by atoms with Crippen molar-refractivity contribution < 1.29 is 22.7 Å². The standard InChI is InChI=1S/C23H23F3N4O2/c1-3-14-7-4-5-10-18(14)29-22(31)17-13-27-30-20(23(24,25)26)12-19(28-21(17)30)15-8-6-9-16(11-15)32-2/h4-11,13,19-20,28H,3,12H2,1-2H3,(H,29,31)/t19-,20+/m1/s1. The summed E-state index contributed by atoms with van der Waals surface area (Å²) in [5.74, 6) is 0.0609. The van der Waals surface area contributed by atoms with Gasteiger partial charge in [0, 0.05) is 12.1 Å². The first kappa shape index (κ1) is 21.7. The molecule has 32 heavy (non-hydrogen) atoms. The van der Waals surface area contributed by atoms with Crippen molar-refractivity contribution >= 4 is 17.4 Å². The molecule has 168 valence electrons. The van der Waals surface area contributed by atoms with Gasteiger partial charge in [0.05, 0.1) is 19.3 Å². The zero-order valence-corrected chi connectivity index (χ0v) is 17.6. The second-order valence-corrected chi connectivity index (χ2v) is 7.58. The van der Waals surface area contributed by atoms with Crippen LogP contribution in [0, 0.1) is 0 Å². The summed E-state index contributed by atoms with van der Waals surface area (Å²) in [6.45, 7) is 1.96. The van der Waals surface area contributed by atoms with Crippen molar-refractivity contribution in [2.45, 2.75) is 38.0 Å². The normalized spacial score (nSPS) is 17.9. The molecule has 2 aromatic carbocycles. The number of carbonyl (C=O) groups is 1. The summed E-state index contributed by atoms with van der Waals surface area (Å²) >= 11 is 0. The van der Waals surface area contributed by atoms with Crippen molar-refractivity contribution in [1.82, 2.24) is 9.78 Å². The third kappa shape index (κ3) is 4.15. The third-order valence-corrected chi connectivity index (χ3v) is 5.63. The van der Waals surface area contributed by atoms with E-state index in [4.69, 9.17) is 4.74 Å². The molecular weight excluding hydrogens is 421 g/mol. The summed E-state index contributed by atoms with van der Waals surface area (Å²) in [7, 11) is 1.50. The molecule has 0 saturated carbocycles. The number of nitrogens with zero attached hydrogens (tertiary/aromatic N) is 2. The first-order valence-electron chi connectivity index (χ1n) is 10.3. The highest BCUT2D eigenvalue weighted by Gasteiger charge is 2.47. The lowest BCUT2D eigenvalue weighted by atomic mass is 9.96. The minimum atomic E-state index is -4.53. The van der Waals surface area contributed by atoms with Gasteiger partial charge in [-0.05, 0) is 35.7 Å². The number of hydrogen-bond donors (Lipinski definition) is 2. The number of amides is 1. The number of rotatable bonds is 5. The van der Waals surface area contributed by atoms with Crippen LogP contribution < -0.4 is 15.4 Å². The quantitative estimate of drug-likeness (QED) is 0.556. The van der Waals surface area contributed by atoms with Crippen LogP contribution in [-0.2, 0) is 6.42 Å². The van der Waals surface area contributed by atoms with Gasteiger partial charge in [-0.1, -0.05) is 37.3 Å². The van der Waals surface area contributed by atoms with Gasteiger partial charge in [0.15, 0.2) is 6.04 Å². The Morgan fingerprint density at radius 2 is 2.03 bits per heavy atom. The van der Waals surface area contributed by atoms with Gasteiger partial charge in [-0.15, -0.1) is 0 Å². The second kappa shape index (κ2) is 8.57. The van der Waals surface area contributed by atoms with E-state index in [1.807, 2.05) is 19.1 Å². The van der Waals surface area contributed by atoms with Gasteiger partial charge in [0.2, 0.25) is 0 Å². The minimum absolute atomic E-state index is 0.0397. The van der Waals surface area contributed by atoms with E-state index in [1.165, 1.54) is 13.3 Å². The molecule has 1 amide bonds. The molecule has 3 aromatic rings. The fourth-order valence-corrected chi connectivity index (χ4v) is 3.95. The van der Waals surface area contributed by atoms with E-state index in [2.05, 4.69) is 15.7 Å². The highest BCUT2D eigenvalue weighted by Crippen LogP contribution is 2.44. The Bertz CT molecular complexity index is 1130. The lowest BCUT2D eigenvalue weighted by molar-refractivity contribution is -0.173. The number of methoxy groups -OCH3 is 1. The van der Waals surface area contributed by atoms with E-state index in [0.29, 0.717) is 23.4 Å². The van der Waals surface area contributed by atoms with Gasteiger partial charge in [-0.3, -0.25) is 4.79 Å². The molecule has 0 aliphatic carbocycles. The molecular formula is C23H23F3N4O2. The summed E-state index contributed by atoms with van der Waals surface area (Å²) in [4.78, 5) is 13.0. The molecule has 2 heterocycles. The van der Waals surface area contributed by atoms with Crippen LogP contribution >= 0.6 is 0 Å². The highest BCUT2D eigenvalue weighted by atomic mass is 19.4. The molecule has 0 spiro atoms. The molecule has 1 aromatic heterocycles. The predicted molar refractivity (Wildman–Crippen MR) is 115 cm³/mol. The lowest BCUT2D eigenvalue weighted by Crippen LogP contribution is -2.36. The van der Waals surface area contributed by atoms with Crippen LogP contribution in [0.2, 0.25) is 0 Å².